The van der Waals surface area contributed by atoms with Crippen LogP contribution < -0.4 is 20.3 Å². The van der Waals surface area contributed by atoms with Gasteiger partial charge in [-0.2, -0.15) is 19.6 Å². The monoisotopic (exact) mass is 591 g/mol. The number of aliphatic hydroxyl groups is 1. The maximum absolute atomic E-state index is 16.1. The molecule has 14 heteroatoms. The van der Waals surface area contributed by atoms with Crippen molar-refractivity contribution in [1.82, 2.24) is 14.9 Å². The molecule has 2 aromatic rings. The molecule has 0 saturated carbocycles. The number of nitrogens with two attached hydrogens (primary N) is 1. The number of thioether (sulfide) groups is 1. The van der Waals surface area contributed by atoms with Gasteiger partial charge < -0.3 is 30.1 Å². The van der Waals surface area contributed by atoms with Crippen molar-refractivity contribution < 1.29 is 23.4 Å². The van der Waals surface area contributed by atoms with E-state index in [0.29, 0.717) is 36.6 Å². The van der Waals surface area contributed by atoms with E-state index in [9.17, 15) is 14.8 Å². The third-order valence-corrected chi connectivity index (χ3v) is 11.6. The van der Waals surface area contributed by atoms with E-state index in [4.69, 9.17) is 15.2 Å². The van der Waals surface area contributed by atoms with Crippen LogP contribution in [0, 0.1) is 17.1 Å². The smallest absolute Gasteiger partial charge is 0.320 e. The van der Waals surface area contributed by atoms with Crippen LogP contribution in [0.5, 0.6) is 6.01 Å². The Balaban J connectivity index is 1.18. The zero-order valence-electron chi connectivity index (χ0n) is 22.2. The number of likely N-dealkylation sites (N-methyl/N-ethyl adjacent to an activating group) is 1. The minimum Gasteiger partial charge on any atom is -0.461 e. The summed E-state index contributed by atoms with van der Waals surface area (Å²) in [5.74, 6) is 0.297. The topological polar surface area (TPSA) is 124 Å². The molecule has 0 amide bonds. The SMILES string of the molecule is CN(CC1(O)COC1)c1nc(OC[C@@]23CCCN2C[C@H](F)C3)nc(N2CC3(C2)SCc2sc(N)c(C#N)c23)c1F. The van der Waals surface area contributed by atoms with Crippen molar-refractivity contribution >= 4 is 39.7 Å². The van der Waals surface area contributed by atoms with Crippen LogP contribution in [-0.2, 0) is 15.2 Å². The summed E-state index contributed by atoms with van der Waals surface area (Å²) >= 11 is 3.20. The number of hydrogen-bond acceptors (Lipinski definition) is 12. The summed E-state index contributed by atoms with van der Waals surface area (Å²) in [6.45, 7) is 2.86. The molecule has 3 N–H and O–H groups in total. The Morgan fingerprint density at radius 2 is 2.15 bits per heavy atom. The number of fused-ring (bicyclic) bond motifs is 3. The quantitative estimate of drug-likeness (QED) is 0.493. The zero-order chi connectivity index (χ0) is 27.9. The van der Waals surface area contributed by atoms with Gasteiger partial charge >= 0.3 is 6.01 Å². The van der Waals surface area contributed by atoms with Crippen LogP contribution >= 0.6 is 23.1 Å². The molecule has 1 spiro atoms. The molecule has 5 aliphatic rings. The molecule has 2 atom stereocenters. The summed E-state index contributed by atoms with van der Waals surface area (Å²) in [5, 5.41) is 20.9. The lowest BCUT2D eigenvalue weighted by atomic mass is 9.88. The van der Waals surface area contributed by atoms with Crippen molar-refractivity contribution in [2.24, 2.45) is 0 Å². The molecule has 7 rings (SSSR count). The average molecular weight is 592 g/mol. The van der Waals surface area contributed by atoms with Gasteiger partial charge in [-0.25, -0.2) is 4.39 Å². The first kappa shape index (κ1) is 26.5. The molecule has 7 heterocycles. The summed E-state index contributed by atoms with van der Waals surface area (Å²) in [7, 11) is 1.67. The van der Waals surface area contributed by atoms with E-state index in [-0.39, 0.29) is 48.8 Å². The third-order valence-electron chi connectivity index (χ3n) is 8.91. The Morgan fingerprint density at radius 1 is 1.35 bits per heavy atom. The highest BCUT2D eigenvalue weighted by molar-refractivity contribution is 8.00. The number of nitriles is 1. The number of thiophene rings is 1. The lowest BCUT2D eigenvalue weighted by Gasteiger charge is -2.48. The molecule has 0 unspecified atom stereocenters. The lowest BCUT2D eigenvalue weighted by molar-refractivity contribution is -0.171. The lowest BCUT2D eigenvalue weighted by Crippen LogP contribution is -2.58. The number of aromatic nitrogens is 2. The van der Waals surface area contributed by atoms with Crippen LogP contribution in [0.3, 0.4) is 0 Å². The fraction of sp³-hybridized carbons (Fsp3) is 0.654. The first-order chi connectivity index (χ1) is 19.1. The summed E-state index contributed by atoms with van der Waals surface area (Å²) in [5.41, 5.74) is 6.13. The normalized spacial score (nSPS) is 27.7. The van der Waals surface area contributed by atoms with Gasteiger partial charge in [0, 0.05) is 49.3 Å². The molecule has 40 heavy (non-hydrogen) atoms. The van der Waals surface area contributed by atoms with Gasteiger partial charge in [-0.1, -0.05) is 0 Å². The van der Waals surface area contributed by atoms with Crippen LogP contribution in [0.4, 0.5) is 25.4 Å². The molecule has 5 aliphatic heterocycles. The number of rotatable bonds is 7. The number of nitrogens with zero attached hydrogens (tertiary/aromatic N) is 6. The van der Waals surface area contributed by atoms with Crippen molar-refractivity contribution in [1.29, 1.82) is 5.26 Å². The summed E-state index contributed by atoms with van der Waals surface area (Å²) in [4.78, 5) is 15.6. The molecular weight excluding hydrogens is 560 g/mol. The zero-order valence-corrected chi connectivity index (χ0v) is 23.8. The fourth-order valence-corrected chi connectivity index (χ4v) is 9.77. The Hall–Kier alpha value is -2.44. The van der Waals surface area contributed by atoms with Crippen molar-refractivity contribution in [3.05, 3.63) is 21.8 Å². The van der Waals surface area contributed by atoms with Gasteiger partial charge in [0.25, 0.3) is 0 Å². The summed E-state index contributed by atoms with van der Waals surface area (Å²) in [6, 6.07) is 2.28. The maximum Gasteiger partial charge on any atom is 0.320 e. The van der Waals surface area contributed by atoms with E-state index >= 15 is 4.39 Å². The largest absolute Gasteiger partial charge is 0.461 e. The molecule has 10 nitrogen and oxygen atoms in total. The van der Waals surface area contributed by atoms with Crippen molar-refractivity contribution in [3.63, 3.8) is 0 Å². The third kappa shape index (κ3) is 4.04. The molecule has 0 bridgehead atoms. The van der Waals surface area contributed by atoms with Gasteiger partial charge in [0.05, 0.1) is 35.6 Å². The molecule has 0 aromatic carbocycles. The van der Waals surface area contributed by atoms with Crippen LogP contribution in [0.1, 0.15) is 35.3 Å². The number of anilines is 3. The molecule has 2 aromatic heterocycles. The number of hydrogen-bond donors (Lipinski definition) is 2. The maximum atomic E-state index is 16.1. The van der Waals surface area contributed by atoms with Gasteiger partial charge in [0.2, 0.25) is 5.82 Å². The van der Waals surface area contributed by atoms with Crippen LogP contribution in [0.15, 0.2) is 0 Å². The Bertz CT molecular complexity index is 1390. The van der Waals surface area contributed by atoms with E-state index in [1.54, 1.807) is 23.7 Å². The molecule has 214 valence electrons. The standard InChI is InChI=1S/C26H31F2N7O3S2/c1-33(9-25(36)13-37-14-25)21-19(28)22(32-23(31-21)38-12-24-3-2-4-35(24)7-15(27)5-24)34-10-26(11-34)18-16(6-29)20(30)40-17(18)8-39-26/h15,36H,2-5,7-14,30H2,1H3/t15-,24+/m1/s1. The minimum absolute atomic E-state index is 0.0223. The van der Waals surface area contributed by atoms with E-state index in [0.717, 1.165) is 35.6 Å². The highest BCUT2D eigenvalue weighted by Gasteiger charge is 2.54. The number of ether oxygens (including phenoxy) is 2. The highest BCUT2D eigenvalue weighted by Crippen LogP contribution is 2.58. The Kier molecular flexibility index (Phi) is 6.14. The van der Waals surface area contributed by atoms with E-state index < -0.39 is 23.1 Å². The second-order valence-electron chi connectivity index (χ2n) is 11.8. The van der Waals surface area contributed by atoms with E-state index in [1.807, 2.05) is 4.90 Å². The van der Waals surface area contributed by atoms with Crippen molar-refractivity contribution in [3.8, 4) is 12.1 Å². The summed E-state index contributed by atoms with van der Waals surface area (Å²) in [6.07, 6.45) is 1.32. The number of nitrogen functional groups attached to an aromatic ring is 1. The van der Waals surface area contributed by atoms with Gasteiger partial charge in [0.15, 0.2) is 11.6 Å². The Labute approximate surface area is 239 Å². The molecule has 4 saturated heterocycles. The van der Waals surface area contributed by atoms with Crippen molar-refractivity contribution in [2.45, 2.75) is 47.1 Å². The van der Waals surface area contributed by atoms with Gasteiger partial charge in [0.1, 0.15) is 29.4 Å². The predicted octanol–water partition coefficient (Wildman–Crippen LogP) is 2.25. The van der Waals surface area contributed by atoms with Gasteiger partial charge in [-0.05, 0) is 19.4 Å². The fourth-order valence-electron chi connectivity index (χ4n) is 6.96. The summed E-state index contributed by atoms with van der Waals surface area (Å²) < 4.78 is 41.3. The number of alkyl halides is 1. The minimum atomic E-state index is -1.08. The Morgan fingerprint density at radius 3 is 2.88 bits per heavy atom. The van der Waals surface area contributed by atoms with E-state index in [1.165, 1.54) is 11.3 Å². The van der Waals surface area contributed by atoms with Crippen LogP contribution in [0.25, 0.3) is 0 Å². The van der Waals surface area contributed by atoms with Crippen LogP contribution in [0.2, 0.25) is 0 Å². The van der Waals surface area contributed by atoms with Gasteiger partial charge in [-0.15, -0.1) is 23.1 Å². The second-order valence-corrected chi connectivity index (χ2v) is 14.3. The molecule has 0 radical (unpaired) electrons. The molecule has 0 aliphatic carbocycles. The second kappa shape index (κ2) is 9.29. The predicted molar refractivity (Wildman–Crippen MR) is 148 cm³/mol. The molecular formula is C26H31F2N7O3S2. The van der Waals surface area contributed by atoms with E-state index in [2.05, 4.69) is 20.9 Å². The first-order valence-corrected chi connectivity index (χ1v) is 15.3. The van der Waals surface area contributed by atoms with Crippen molar-refractivity contribution in [2.75, 3.05) is 75.1 Å². The first-order valence-electron chi connectivity index (χ1n) is 13.5. The molecule has 4 fully saturated rings. The highest BCUT2D eigenvalue weighted by atomic mass is 32.2. The number of halogens is 2. The van der Waals surface area contributed by atoms with Gasteiger partial charge in [-0.3, -0.25) is 4.90 Å². The van der Waals surface area contributed by atoms with Crippen LogP contribution in [-0.4, -0.2) is 96.9 Å². The average Bonchev–Trinajstić information content (AvgIpc) is 3.59.